The Morgan fingerprint density at radius 2 is 1.76 bits per heavy atom. The molecule has 6 nitrogen and oxygen atoms in total. The van der Waals surface area contributed by atoms with Crippen molar-refractivity contribution < 1.29 is 26.2 Å². The molecule has 0 aromatic carbocycles. The highest BCUT2D eigenvalue weighted by Gasteiger charge is 2.54. The molecule has 4 aromatic rings. The molecule has 4 rings (SSSR count). The molecule has 33 heavy (non-hydrogen) atoms. The normalized spacial score (nSPS) is 15.3. The molecule has 0 aliphatic rings. The number of alkyl halides is 4. The topological polar surface area (TPSA) is 73.3 Å². The highest BCUT2D eigenvalue weighted by molar-refractivity contribution is 7.85. The van der Waals surface area contributed by atoms with Gasteiger partial charge in [-0.3, -0.25) is 9.19 Å². The number of fused-ring (bicyclic) bond motifs is 2. The molecule has 0 amide bonds. The summed E-state index contributed by atoms with van der Waals surface area (Å²) in [6.07, 6.45) is -4.14. The zero-order chi connectivity index (χ0) is 24.5. The molecule has 0 fully saturated rings. The third kappa shape index (κ3) is 3.44. The molecule has 0 radical (unpaired) electrons. The Morgan fingerprint density at radius 1 is 1.09 bits per heavy atom. The molecule has 2 unspecified atom stereocenters. The Morgan fingerprint density at radius 3 is 2.36 bits per heavy atom. The highest BCUT2D eigenvalue weighted by Crippen LogP contribution is 2.42. The minimum atomic E-state index is -5.14. The van der Waals surface area contributed by atoms with Gasteiger partial charge in [-0.05, 0) is 57.4 Å². The Hall–Kier alpha value is -2.82. The maximum absolute atomic E-state index is 14.4. The van der Waals surface area contributed by atoms with Gasteiger partial charge >= 0.3 is 6.18 Å². The van der Waals surface area contributed by atoms with E-state index in [1.165, 1.54) is 0 Å². The van der Waals surface area contributed by atoms with Crippen molar-refractivity contribution in [1.82, 2.24) is 19.6 Å². The summed E-state index contributed by atoms with van der Waals surface area (Å²) < 4.78 is 74.2. The molecule has 0 bridgehead atoms. The summed E-state index contributed by atoms with van der Waals surface area (Å²) in [6, 6.07) is 0.910. The van der Waals surface area contributed by atoms with Crippen LogP contribution in [0.2, 0.25) is 0 Å². The number of hydrogen-bond donors (Lipinski definition) is 0. The van der Waals surface area contributed by atoms with Crippen molar-refractivity contribution in [2.24, 2.45) is 0 Å². The summed E-state index contributed by atoms with van der Waals surface area (Å²) in [5, 5.41) is 4.61. The van der Waals surface area contributed by atoms with Crippen molar-refractivity contribution in [3.63, 3.8) is 0 Å². The second kappa shape index (κ2) is 7.61. The first kappa shape index (κ1) is 23.3. The minimum absolute atomic E-state index is 0.00535. The molecule has 0 saturated carbocycles. The van der Waals surface area contributed by atoms with Crippen LogP contribution in [0.15, 0.2) is 21.6 Å². The van der Waals surface area contributed by atoms with E-state index in [4.69, 9.17) is 4.42 Å². The summed E-state index contributed by atoms with van der Waals surface area (Å²) in [4.78, 5) is 8.31. The van der Waals surface area contributed by atoms with E-state index in [2.05, 4.69) is 15.1 Å². The van der Waals surface area contributed by atoms with Gasteiger partial charge in [-0.25, -0.2) is 13.9 Å². The largest absolute Gasteiger partial charge is 0.433 e. The monoisotopic (exact) mass is 482 g/mol. The fourth-order valence-corrected chi connectivity index (χ4v) is 4.79. The molecular formula is C22H22F4N4O2S. The number of oxazole rings is 1. The Bertz CT molecular complexity index is 1440. The van der Waals surface area contributed by atoms with Gasteiger partial charge in [0, 0.05) is 11.4 Å². The van der Waals surface area contributed by atoms with Gasteiger partial charge in [-0.15, -0.1) is 0 Å². The highest BCUT2D eigenvalue weighted by atomic mass is 32.2. The van der Waals surface area contributed by atoms with Gasteiger partial charge in [0.25, 0.3) is 0 Å². The molecule has 2 atom stereocenters. The smallest absolute Gasteiger partial charge is 0.428 e. The standard InChI is InChI=1S/C22H22F4N4O2S/c1-7-33(31)19-17(29-30-13(5)11(3)10(2)12(4)18(19)30)20-28-14-8-16(27-9-15(14)32-20)21(6,23)22(24,25)26/h8-9H,7H2,1-6H3. The van der Waals surface area contributed by atoms with Crippen molar-refractivity contribution in [1.29, 1.82) is 0 Å². The number of rotatable bonds is 4. The summed E-state index contributed by atoms with van der Waals surface area (Å²) in [5.74, 6) is 0.295. The number of hydrogen-bond acceptors (Lipinski definition) is 5. The van der Waals surface area contributed by atoms with Crippen molar-refractivity contribution in [2.75, 3.05) is 5.75 Å². The van der Waals surface area contributed by atoms with Crippen LogP contribution in [0.25, 0.3) is 28.2 Å². The lowest BCUT2D eigenvalue weighted by atomic mass is 10.0. The summed E-state index contributed by atoms with van der Waals surface area (Å²) in [7, 11) is -1.44. The van der Waals surface area contributed by atoms with Gasteiger partial charge in [-0.1, -0.05) is 6.92 Å². The predicted octanol–water partition coefficient (Wildman–Crippen LogP) is 5.65. The first-order valence-electron chi connectivity index (χ1n) is 10.2. The van der Waals surface area contributed by atoms with E-state index in [1.54, 1.807) is 11.4 Å². The Kier molecular flexibility index (Phi) is 5.38. The fourth-order valence-electron chi connectivity index (χ4n) is 3.70. The average molecular weight is 483 g/mol. The third-order valence-corrected chi connectivity index (χ3v) is 7.53. The van der Waals surface area contributed by atoms with Gasteiger partial charge in [0.2, 0.25) is 11.6 Å². The summed E-state index contributed by atoms with van der Waals surface area (Å²) in [5.41, 5.74) is 0.328. The minimum Gasteiger partial charge on any atom is -0.433 e. The van der Waals surface area contributed by atoms with E-state index >= 15 is 0 Å². The van der Waals surface area contributed by atoms with E-state index < -0.39 is 28.3 Å². The molecule has 4 heterocycles. The van der Waals surface area contributed by atoms with Crippen LogP contribution in [0, 0.1) is 27.7 Å². The molecule has 176 valence electrons. The molecule has 0 N–H and O–H groups in total. The molecule has 11 heteroatoms. The zero-order valence-electron chi connectivity index (χ0n) is 18.9. The van der Waals surface area contributed by atoms with E-state index in [0.29, 0.717) is 23.1 Å². The Labute approximate surface area is 189 Å². The first-order chi connectivity index (χ1) is 15.3. The number of aromatic nitrogens is 4. The van der Waals surface area contributed by atoms with E-state index in [-0.39, 0.29) is 22.7 Å². The van der Waals surface area contributed by atoms with Crippen LogP contribution in [-0.4, -0.2) is 35.7 Å². The quantitative estimate of drug-likeness (QED) is 0.352. The number of nitrogens with zero attached hydrogens (tertiary/aromatic N) is 4. The van der Waals surface area contributed by atoms with Crippen LogP contribution in [0.5, 0.6) is 0 Å². The SMILES string of the molecule is CCS(=O)c1c(-c2nc3cc(C(C)(F)C(F)(F)F)ncc3o2)nn2c(C)c(C)c(C)c(C)c12. The number of halogens is 4. The molecular weight excluding hydrogens is 460 g/mol. The van der Waals surface area contributed by atoms with Gasteiger partial charge in [0.1, 0.15) is 5.52 Å². The lowest BCUT2D eigenvalue weighted by Crippen LogP contribution is -2.35. The van der Waals surface area contributed by atoms with Crippen molar-refractivity contribution in [3.05, 3.63) is 40.3 Å². The van der Waals surface area contributed by atoms with Crippen molar-refractivity contribution >= 4 is 27.4 Å². The fraction of sp³-hybridized carbons (Fsp3) is 0.409. The number of aryl methyl sites for hydroxylation is 2. The van der Waals surface area contributed by atoms with Gasteiger partial charge in [0.05, 0.1) is 33.1 Å². The van der Waals surface area contributed by atoms with E-state index in [9.17, 15) is 21.8 Å². The lowest BCUT2D eigenvalue weighted by molar-refractivity contribution is -0.230. The Balaban J connectivity index is 1.99. The van der Waals surface area contributed by atoms with Crippen LogP contribution in [0.3, 0.4) is 0 Å². The second-order valence-electron chi connectivity index (χ2n) is 8.09. The third-order valence-electron chi connectivity index (χ3n) is 6.16. The molecule has 4 aromatic heterocycles. The predicted molar refractivity (Wildman–Crippen MR) is 116 cm³/mol. The molecule has 0 spiro atoms. The first-order valence-corrected chi connectivity index (χ1v) is 11.5. The van der Waals surface area contributed by atoms with Gasteiger partial charge in [-0.2, -0.15) is 18.3 Å². The van der Waals surface area contributed by atoms with Crippen molar-refractivity contribution in [3.8, 4) is 11.6 Å². The zero-order valence-corrected chi connectivity index (χ0v) is 19.7. The summed E-state index contributed by atoms with van der Waals surface area (Å²) in [6.45, 7) is 9.93. The second-order valence-corrected chi connectivity index (χ2v) is 9.77. The maximum atomic E-state index is 14.4. The molecule has 0 saturated heterocycles. The van der Waals surface area contributed by atoms with Crippen molar-refractivity contribution in [2.45, 2.75) is 58.3 Å². The number of pyridine rings is 2. The summed E-state index contributed by atoms with van der Waals surface area (Å²) >= 11 is 0. The van der Waals surface area contributed by atoms with E-state index in [1.807, 2.05) is 27.7 Å². The lowest BCUT2D eigenvalue weighted by Gasteiger charge is -2.22. The van der Waals surface area contributed by atoms with Crippen LogP contribution >= 0.6 is 0 Å². The van der Waals surface area contributed by atoms with Crippen LogP contribution in [0.1, 0.15) is 41.9 Å². The van der Waals surface area contributed by atoms with Gasteiger partial charge < -0.3 is 4.42 Å². The molecule has 0 aliphatic heterocycles. The average Bonchev–Trinajstić information content (AvgIpc) is 3.36. The van der Waals surface area contributed by atoms with Crippen LogP contribution in [-0.2, 0) is 16.5 Å². The van der Waals surface area contributed by atoms with E-state index in [0.717, 1.165) is 34.6 Å². The van der Waals surface area contributed by atoms with Crippen LogP contribution in [0.4, 0.5) is 17.6 Å². The molecule has 0 aliphatic carbocycles. The maximum Gasteiger partial charge on any atom is 0.428 e. The van der Waals surface area contributed by atoms with Crippen LogP contribution < -0.4 is 0 Å². The van der Waals surface area contributed by atoms with Gasteiger partial charge in [0.15, 0.2) is 11.3 Å².